The van der Waals surface area contributed by atoms with Gasteiger partial charge in [-0.1, -0.05) is 26.0 Å². The van der Waals surface area contributed by atoms with Crippen molar-refractivity contribution in [3.8, 4) is 5.75 Å². The SMILES string of the molecule is CC1(C)OC(=O)c2cccc(C3(CB4OC5CC6CC(C6(C)C)[C@]5(C)O4)CC3)c2O1. The van der Waals surface area contributed by atoms with E-state index >= 15 is 0 Å². The minimum atomic E-state index is -0.953. The average Bonchev–Trinajstić information content (AvgIpc) is 3.33. The molecule has 6 aliphatic rings. The van der Waals surface area contributed by atoms with Crippen LogP contribution in [0.4, 0.5) is 0 Å². The molecule has 1 aromatic rings. The van der Waals surface area contributed by atoms with Crippen molar-refractivity contribution in [1.29, 1.82) is 0 Å². The van der Waals surface area contributed by atoms with Gasteiger partial charge in [0.25, 0.3) is 0 Å². The molecule has 4 saturated carbocycles. The van der Waals surface area contributed by atoms with Gasteiger partial charge in [-0.25, -0.2) is 4.79 Å². The van der Waals surface area contributed by atoms with Crippen LogP contribution in [0.25, 0.3) is 0 Å². The molecular weight excluding hydrogens is 379 g/mol. The zero-order chi connectivity index (χ0) is 21.1. The second-order valence-electron chi connectivity index (χ2n) is 11.5. The van der Waals surface area contributed by atoms with Gasteiger partial charge in [0, 0.05) is 19.4 Å². The third-order valence-corrected chi connectivity index (χ3v) is 8.91. The number of hydrogen-bond donors (Lipinski definition) is 0. The monoisotopic (exact) mass is 410 g/mol. The molecule has 5 nitrogen and oxygen atoms in total. The fourth-order valence-electron chi connectivity index (χ4n) is 6.86. The summed E-state index contributed by atoms with van der Waals surface area (Å²) in [6, 6.07) is 5.83. The largest absolute Gasteiger partial charge is 0.458 e. The maximum atomic E-state index is 12.5. The van der Waals surface area contributed by atoms with Crippen LogP contribution in [0.3, 0.4) is 0 Å². The number of carbonyl (C=O) groups excluding carboxylic acids is 1. The quantitative estimate of drug-likeness (QED) is 0.533. The second-order valence-corrected chi connectivity index (χ2v) is 11.5. The molecule has 2 aliphatic heterocycles. The van der Waals surface area contributed by atoms with Gasteiger partial charge in [-0.15, -0.1) is 0 Å². The molecule has 2 bridgehead atoms. The summed E-state index contributed by atoms with van der Waals surface area (Å²) in [5.41, 5.74) is 1.74. The second kappa shape index (κ2) is 5.63. The molecule has 0 radical (unpaired) electrons. The van der Waals surface area contributed by atoms with Gasteiger partial charge in [0.05, 0.1) is 11.7 Å². The molecular formula is C24H31BO5. The van der Waals surface area contributed by atoms with E-state index in [9.17, 15) is 4.79 Å². The molecule has 3 unspecified atom stereocenters. The predicted octanol–water partition coefficient (Wildman–Crippen LogP) is 4.73. The first kappa shape index (κ1) is 19.2. The molecule has 1 saturated heterocycles. The number of hydrogen-bond acceptors (Lipinski definition) is 5. The van der Waals surface area contributed by atoms with E-state index in [1.54, 1.807) is 19.9 Å². The highest BCUT2D eigenvalue weighted by atomic mass is 16.7. The Morgan fingerprint density at radius 2 is 1.83 bits per heavy atom. The van der Waals surface area contributed by atoms with Crippen molar-refractivity contribution in [1.82, 2.24) is 0 Å². The third kappa shape index (κ3) is 2.47. The van der Waals surface area contributed by atoms with Gasteiger partial charge in [-0.2, -0.15) is 0 Å². The van der Waals surface area contributed by atoms with Gasteiger partial charge >= 0.3 is 13.1 Å². The van der Waals surface area contributed by atoms with E-state index in [1.165, 1.54) is 6.42 Å². The standard InChI is InChI=1S/C24H31BO5/c1-21(2)14-11-17(21)23(5)18(12-14)29-25(30-23)13-24(9-10-24)16-8-6-7-15-19(16)27-22(3,4)28-20(15)26/h6-8,14,17-18H,9-13H2,1-5H3/t14?,17?,18?,23-/m0/s1. The summed E-state index contributed by atoms with van der Waals surface area (Å²) in [4.78, 5) is 12.5. The van der Waals surface area contributed by atoms with Crippen LogP contribution in [0.2, 0.25) is 6.32 Å². The molecule has 4 atom stereocenters. The van der Waals surface area contributed by atoms with Crippen LogP contribution < -0.4 is 4.74 Å². The van der Waals surface area contributed by atoms with Crippen molar-refractivity contribution >= 4 is 13.1 Å². The maximum Gasteiger partial charge on any atom is 0.458 e. The molecule has 2 heterocycles. The molecule has 0 amide bonds. The molecule has 5 fully saturated rings. The smallest absolute Gasteiger partial charge is 0.452 e. The first-order valence-corrected chi connectivity index (χ1v) is 11.4. The Bertz CT molecular complexity index is 936. The topological polar surface area (TPSA) is 54.0 Å². The van der Waals surface area contributed by atoms with Gasteiger partial charge < -0.3 is 18.8 Å². The Morgan fingerprint density at radius 1 is 1.07 bits per heavy atom. The van der Waals surface area contributed by atoms with Crippen LogP contribution in [0, 0.1) is 17.3 Å². The fraction of sp³-hybridized carbons (Fsp3) is 0.708. The minimum Gasteiger partial charge on any atom is -0.452 e. The first-order chi connectivity index (χ1) is 14.0. The lowest BCUT2D eigenvalue weighted by Crippen LogP contribution is -2.65. The van der Waals surface area contributed by atoms with E-state index in [-0.39, 0.29) is 30.2 Å². The van der Waals surface area contributed by atoms with Crippen LogP contribution in [0.5, 0.6) is 5.75 Å². The molecule has 0 spiro atoms. The fourth-order valence-corrected chi connectivity index (χ4v) is 6.86. The van der Waals surface area contributed by atoms with E-state index in [4.69, 9.17) is 18.8 Å². The first-order valence-electron chi connectivity index (χ1n) is 11.4. The highest BCUT2D eigenvalue weighted by Crippen LogP contribution is 2.66. The molecule has 6 heteroatoms. The van der Waals surface area contributed by atoms with Gasteiger partial charge in [-0.3, -0.25) is 0 Å². The Labute approximate surface area is 178 Å². The van der Waals surface area contributed by atoms with Crippen LogP contribution >= 0.6 is 0 Å². The number of ether oxygens (including phenoxy) is 2. The maximum absolute atomic E-state index is 12.5. The summed E-state index contributed by atoms with van der Waals surface area (Å²) in [6.45, 7) is 10.6. The van der Waals surface area contributed by atoms with Crippen LogP contribution in [-0.4, -0.2) is 30.6 Å². The van der Waals surface area contributed by atoms with Gasteiger partial charge in [0.1, 0.15) is 11.3 Å². The average molecular weight is 410 g/mol. The predicted molar refractivity (Wildman–Crippen MR) is 112 cm³/mol. The van der Waals surface area contributed by atoms with Crippen molar-refractivity contribution in [3.05, 3.63) is 29.3 Å². The van der Waals surface area contributed by atoms with Crippen LogP contribution in [0.15, 0.2) is 18.2 Å². The number of para-hydroxylation sites is 1. The van der Waals surface area contributed by atoms with Gasteiger partial charge in [0.15, 0.2) is 0 Å². The van der Waals surface area contributed by atoms with Crippen molar-refractivity contribution in [2.24, 2.45) is 17.3 Å². The van der Waals surface area contributed by atoms with E-state index in [0.29, 0.717) is 22.6 Å². The van der Waals surface area contributed by atoms with E-state index in [1.807, 2.05) is 6.07 Å². The zero-order valence-corrected chi connectivity index (χ0v) is 18.6. The summed E-state index contributed by atoms with van der Waals surface area (Å²) in [5.74, 6) is 0.734. The molecule has 0 aromatic heterocycles. The zero-order valence-electron chi connectivity index (χ0n) is 18.6. The lowest BCUT2D eigenvalue weighted by molar-refractivity contribution is -0.199. The van der Waals surface area contributed by atoms with E-state index < -0.39 is 5.79 Å². The molecule has 4 aliphatic carbocycles. The Hall–Kier alpha value is -1.53. The van der Waals surface area contributed by atoms with Gasteiger partial charge in [0.2, 0.25) is 5.79 Å². The lowest BCUT2D eigenvalue weighted by Gasteiger charge is -2.64. The van der Waals surface area contributed by atoms with E-state index in [2.05, 4.69) is 26.8 Å². The highest BCUT2D eigenvalue weighted by Gasteiger charge is 2.68. The Morgan fingerprint density at radius 3 is 2.53 bits per heavy atom. The molecule has 30 heavy (non-hydrogen) atoms. The number of carbonyl (C=O) groups is 1. The van der Waals surface area contributed by atoms with Gasteiger partial charge in [-0.05, 0) is 67.7 Å². The van der Waals surface area contributed by atoms with Crippen molar-refractivity contribution in [3.63, 3.8) is 0 Å². The summed E-state index contributed by atoms with van der Waals surface area (Å²) < 4.78 is 24.8. The van der Waals surface area contributed by atoms with Crippen LogP contribution in [0.1, 0.15) is 76.2 Å². The molecule has 1 aromatic carbocycles. The Balaban J connectivity index is 1.28. The van der Waals surface area contributed by atoms with Crippen LogP contribution in [-0.2, 0) is 19.5 Å². The van der Waals surface area contributed by atoms with Crippen molar-refractivity contribution in [2.45, 2.75) is 89.5 Å². The molecule has 0 N–H and O–H groups in total. The van der Waals surface area contributed by atoms with Crippen molar-refractivity contribution < 1.29 is 23.6 Å². The molecule has 160 valence electrons. The summed E-state index contributed by atoms with van der Waals surface area (Å²) in [7, 11) is -0.197. The van der Waals surface area contributed by atoms with Crippen molar-refractivity contribution in [2.75, 3.05) is 0 Å². The summed E-state index contributed by atoms with van der Waals surface area (Å²) >= 11 is 0. The Kier molecular flexibility index (Phi) is 3.60. The minimum absolute atomic E-state index is 0.0496. The summed E-state index contributed by atoms with van der Waals surface area (Å²) in [6.07, 6.45) is 5.50. The number of benzene rings is 1. The van der Waals surface area contributed by atoms with E-state index in [0.717, 1.165) is 37.1 Å². The molecule has 7 rings (SSSR count). The number of fused-ring (bicyclic) bond motifs is 1. The number of cyclic esters (lactones) is 1. The summed E-state index contributed by atoms with van der Waals surface area (Å²) in [5, 5.41) is 0. The highest BCUT2D eigenvalue weighted by molar-refractivity contribution is 6.46. The normalized spacial score (nSPS) is 38.6. The lowest BCUT2D eigenvalue weighted by atomic mass is 9.43. The number of esters is 1. The number of rotatable bonds is 3. The third-order valence-electron chi connectivity index (χ3n) is 8.91.